The average molecular weight is 1110 g/mol. The number of aryl methyl sites for hydroxylation is 2. The predicted octanol–water partition coefficient (Wildman–Crippen LogP) is 4.54. The average Bonchev–Trinajstić information content (AvgIpc) is 3.88. The van der Waals surface area contributed by atoms with Crippen LogP contribution < -0.4 is 36.1 Å². The molecule has 0 bridgehead atoms. The highest BCUT2D eigenvalue weighted by Crippen LogP contribution is 2.41. The van der Waals surface area contributed by atoms with Gasteiger partial charge in [0.25, 0.3) is 29.5 Å². The van der Waals surface area contributed by atoms with Crippen LogP contribution in [0.15, 0.2) is 70.7 Å². The Kier molecular flexibility index (Phi) is 17.7. The van der Waals surface area contributed by atoms with Crippen LogP contribution in [0.4, 0.5) is 4.39 Å². The molecule has 8 rings (SSSR count). The monoisotopic (exact) mass is 1110 g/mol. The number of carbonyl (C=O) groups excluding carboxylic acids is 7. The summed E-state index contributed by atoms with van der Waals surface area (Å²) in [6.45, 7) is 6.88. The molecule has 0 spiro atoms. The number of nitrogens with zero attached hydrogens (tertiary/aromatic N) is 4. The molecule has 1 unspecified atom stereocenters. The van der Waals surface area contributed by atoms with Gasteiger partial charge in [-0.15, -0.1) is 11.3 Å². The molecule has 3 aromatic carbocycles. The van der Waals surface area contributed by atoms with E-state index < -0.39 is 58.7 Å². The number of amides is 7. The van der Waals surface area contributed by atoms with E-state index in [0.29, 0.717) is 41.9 Å². The Balaban J connectivity index is 0.782. The molecule has 4 atom stereocenters. The molecule has 1 saturated carbocycles. The van der Waals surface area contributed by atoms with Crippen LogP contribution in [-0.4, -0.2) is 143 Å². The van der Waals surface area contributed by atoms with Crippen molar-refractivity contribution in [2.45, 2.75) is 96.6 Å². The van der Waals surface area contributed by atoms with Crippen molar-refractivity contribution in [2.75, 3.05) is 53.5 Å². The number of nitrogens with one attached hydrogen (secondary N) is 5. The van der Waals surface area contributed by atoms with Crippen LogP contribution in [0, 0.1) is 18.3 Å². The van der Waals surface area contributed by atoms with Crippen LogP contribution in [0.3, 0.4) is 0 Å². The zero-order chi connectivity index (χ0) is 56.8. The highest BCUT2D eigenvalue weighted by molar-refractivity contribution is 7.13. The maximum atomic E-state index is 14.4. The summed E-state index contributed by atoms with van der Waals surface area (Å²) < 4.78 is 31.7. The number of β-amino-alcohol motifs (C(OH)–C–C–N with tert-alkyl or cyclic N) is 1. The van der Waals surface area contributed by atoms with E-state index >= 15 is 0 Å². The fourth-order valence-corrected chi connectivity index (χ4v) is 10.2. The van der Waals surface area contributed by atoms with E-state index in [4.69, 9.17) is 14.0 Å². The molecule has 0 radical (unpaired) electrons. The number of fused-ring (bicyclic) bond motifs is 1. The number of aromatic hydroxyl groups is 1. The Morgan fingerprint density at radius 1 is 0.924 bits per heavy atom. The number of aromatic nitrogens is 2. The summed E-state index contributed by atoms with van der Waals surface area (Å²) >= 11 is 1.43. The first-order valence-electron chi connectivity index (χ1n) is 26.1. The molecule has 79 heavy (non-hydrogen) atoms. The molecule has 7 amide bonds. The van der Waals surface area contributed by atoms with Gasteiger partial charge in [0.2, 0.25) is 11.8 Å². The molecule has 1 aliphatic heterocycles. The first kappa shape index (κ1) is 57.3. The Bertz CT molecular complexity index is 3110. The van der Waals surface area contributed by atoms with E-state index in [0.717, 1.165) is 27.3 Å². The zero-order valence-corrected chi connectivity index (χ0v) is 45.7. The van der Waals surface area contributed by atoms with Gasteiger partial charge < -0.3 is 60.6 Å². The van der Waals surface area contributed by atoms with Crippen LogP contribution in [0.2, 0.25) is 0 Å². The summed E-state index contributed by atoms with van der Waals surface area (Å²) in [7, 11) is 3.16. The molecule has 2 fully saturated rings. The molecule has 3 aliphatic rings. The second kappa shape index (κ2) is 24.4. The Morgan fingerprint density at radius 3 is 2.32 bits per heavy atom. The first-order chi connectivity index (χ1) is 37.6. The lowest BCUT2D eigenvalue weighted by molar-refractivity contribution is -0.145. The van der Waals surface area contributed by atoms with Crippen molar-refractivity contribution in [3.05, 3.63) is 99.8 Å². The smallest absolute Gasteiger partial charge is 0.273 e. The van der Waals surface area contributed by atoms with Crippen molar-refractivity contribution in [1.82, 2.24) is 46.5 Å². The van der Waals surface area contributed by atoms with E-state index in [1.54, 1.807) is 49.9 Å². The maximum Gasteiger partial charge on any atom is 0.273 e. The number of phenols is 1. The number of hydrogen-bond donors (Lipinski definition) is 7. The lowest BCUT2D eigenvalue weighted by atomic mass is 9.79. The normalized spacial score (nSPS) is 17.5. The predicted molar refractivity (Wildman–Crippen MR) is 288 cm³/mol. The summed E-state index contributed by atoms with van der Waals surface area (Å²) in [6.07, 6.45) is 1.02. The number of ether oxygens (including phenoxy) is 2. The van der Waals surface area contributed by atoms with Crippen molar-refractivity contribution in [3.63, 3.8) is 0 Å². The number of halogens is 1. The molecule has 1 saturated heterocycles. The maximum absolute atomic E-state index is 14.4. The highest BCUT2D eigenvalue weighted by atomic mass is 32.1. The Morgan fingerprint density at radius 2 is 1.65 bits per heavy atom. The number of aliphatic hydroxyl groups is 1. The Hall–Kier alpha value is -7.92. The topological polar surface area (TPSA) is 284 Å². The largest absolute Gasteiger partial charge is 0.507 e. The number of hydrogen-bond acceptors (Lipinski definition) is 15. The van der Waals surface area contributed by atoms with Crippen molar-refractivity contribution >= 4 is 52.7 Å². The van der Waals surface area contributed by atoms with Gasteiger partial charge in [0, 0.05) is 70.4 Å². The summed E-state index contributed by atoms with van der Waals surface area (Å²) in [5.74, 6) is -3.42. The molecule has 3 heterocycles. The van der Waals surface area contributed by atoms with E-state index in [-0.39, 0.29) is 106 Å². The van der Waals surface area contributed by atoms with Crippen LogP contribution in [0.25, 0.3) is 21.8 Å². The van der Waals surface area contributed by atoms with Gasteiger partial charge in [0.1, 0.15) is 23.3 Å². The van der Waals surface area contributed by atoms with Crippen LogP contribution >= 0.6 is 11.3 Å². The Labute approximate surface area is 460 Å². The van der Waals surface area contributed by atoms with Gasteiger partial charge in [-0.3, -0.25) is 33.6 Å². The summed E-state index contributed by atoms with van der Waals surface area (Å²) in [6, 6.07) is 15.3. The van der Waals surface area contributed by atoms with Gasteiger partial charge in [-0.1, -0.05) is 50.2 Å². The van der Waals surface area contributed by atoms with Crippen molar-refractivity contribution in [3.8, 4) is 39.0 Å². The molecule has 2 aromatic heterocycles. The number of thiazole rings is 1. The van der Waals surface area contributed by atoms with Crippen LogP contribution in [0.5, 0.6) is 17.2 Å². The minimum absolute atomic E-state index is 0.00843. The molecular formula is C56H66FN9O12S. The lowest BCUT2D eigenvalue weighted by Gasteiger charge is -2.35. The number of aliphatic hydroxyl groups excluding tert-OH is 1. The third-order valence-electron chi connectivity index (χ3n) is 14.2. The van der Waals surface area contributed by atoms with Gasteiger partial charge in [-0.2, -0.15) is 0 Å². The first-order valence-corrected chi connectivity index (χ1v) is 27.0. The highest BCUT2D eigenvalue weighted by Gasteiger charge is 2.51. The third kappa shape index (κ3) is 14.0. The van der Waals surface area contributed by atoms with Gasteiger partial charge in [0.15, 0.2) is 30.3 Å². The van der Waals surface area contributed by atoms with Gasteiger partial charge in [-0.05, 0) is 91.5 Å². The fraction of sp³-hybridized carbons (Fsp3) is 0.446. The number of likely N-dealkylation sites (tertiary alicyclic amines) is 1. The lowest BCUT2D eigenvalue weighted by Crippen LogP contribution is -2.52. The standard InChI is InChI=1S/C56H66FN9O12S/c1-31-49(79-30-62-31)34-8-9-35(25-60-51(72)43-22-36(67)27-66(43)53(74)40(55(2,3)4)26-61-54(75)56(57)16-17-56)45(21-34)77-29-48(70)59-19-7-18-58-47(69)28-76-37-13-10-32-12-15-41(39(32)23-37)63-50(71)42-24-46(78-64-42)33-11-14-38(44(68)20-33)52(73)65(5)6/h8-11,13-14,20-21,23-24,30,36,40-41,43,67-68H,7,12,15-19,22,25-29H2,1-6H3,(H,58,69)(H,59,70)(H,60,72)(H,61,75)(H,63,71)/t36-,40?,41-,43+/m1/s1. The van der Waals surface area contributed by atoms with E-state index in [9.17, 15) is 48.2 Å². The molecule has 23 heteroatoms. The van der Waals surface area contributed by atoms with E-state index in [1.807, 2.05) is 39.8 Å². The molecular weight excluding hydrogens is 1040 g/mol. The number of rotatable bonds is 22. The SMILES string of the molecule is Cc1ncsc1-c1ccc(CNC(=O)[C@@H]2C[C@@H](O)CN2C(=O)C(CNC(=O)C2(F)CC2)C(C)(C)C)c(OCC(=O)NCCCNC(=O)COc2ccc3c(c2)[C@H](NC(=O)c2cc(-c4ccc(C(=O)N(C)C)c(O)c4)on2)CC3)c1. The number of phenolic OH excluding ortho intramolecular Hbond substituents is 1. The summed E-state index contributed by atoms with van der Waals surface area (Å²) in [4.78, 5) is 99.6. The zero-order valence-electron chi connectivity index (χ0n) is 44.9. The second-order valence-corrected chi connectivity index (χ2v) is 22.2. The van der Waals surface area contributed by atoms with Crippen molar-refractivity contribution in [2.24, 2.45) is 11.3 Å². The summed E-state index contributed by atoms with van der Waals surface area (Å²) in [5.41, 5.74) is 3.70. The minimum atomic E-state index is -1.91. The van der Waals surface area contributed by atoms with Crippen LogP contribution in [-0.2, 0) is 36.9 Å². The van der Waals surface area contributed by atoms with E-state index in [1.165, 1.54) is 39.3 Å². The molecule has 5 aromatic rings. The quantitative estimate of drug-likeness (QED) is 0.0469. The number of carbonyl (C=O) groups is 7. The molecule has 2 aliphatic carbocycles. The van der Waals surface area contributed by atoms with Crippen molar-refractivity contribution in [1.29, 1.82) is 0 Å². The summed E-state index contributed by atoms with van der Waals surface area (Å²) in [5, 5.41) is 39.1. The third-order valence-corrected chi connectivity index (χ3v) is 15.2. The number of alkyl halides is 1. The number of benzene rings is 3. The molecule has 420 valence electrons. The van der Waals surface area contributed by atoms with Gasteiger partial charge in [0.05, 0.1) is 39.7 Å². The minimum Gasteiger partial charge on any atom is -0.507 e. The second-order valence-electron chi connectivity index (χ2n) is 21.4. The molecule has 21 nitrogen and oxygen atoms in total. The molecule has 7 N–H and O–H groups in total. The van der Waals surface area contributed by atoms with Crippen molar-refractivity contribution < 1.29 is 62.2 Å². The van der Waals surface area contributed by atoms with Gasteiger partial charge in [-0.25, -0.2) is 9.37 Å². The van der Waals surface area contributed by atoms with Gasteiger partial charge >= 0.3 is 0 Å². The fourth-order valence-electron chi connectivity index (χ4n) is 9.43. The van der Waals surface area contributed by atoms with Crippen LogP contribution in [0.1, 0.15) is 102 Å². The van der Waals surface area contributed by atoms with E-state index in [2.05, 4.69) is 36.7 Å².